The number of hydrogen-bond acceptors (Lipinski definition) is 3. The van der Waals surface area contributed by atoms with Crippen molar-refractivity contribution in [1.82, 2.24) is 10.2 Å². The van der Waals surface area contributed by atoms with Crippen LogP contribution in [0.3, 0.4) is 0 Å². The fourth-order valence-corrected chi connectivity index (χ4v) is 2.77. The van der Waals surface area contributed by atoms with E-state index in [2.05, 4.69) is 5.32 Å². The average molecular weight is 318 g/mol. The predicted molar refractivity (Wildman–Crippen MR) is 88.7 cm³/mol. The molecule has 2 unspecified atom stereocenters. The number of likely N-dealkylation sites (tertiary alicyclic amines) is 1. The molecule has 0 bridgehead atoms. The van der Waals surface area contributed by atoms with Crippen LogP contribution in [0.1, 0.15) is 32.3 Å². The molecule has 0 spiro atoms. The maximum absolute atomic E-state index is 12.5. The molecule has 1 heterocycles. The Bertz CT molecular complexity index is 530. The van der Waals surface area contributed by atoms with Crippen molar-refractivity contribution in [1.29, 1.82) is 0 Å². The van der Waals surface area contributed by atoms with E-state index >= 15 is 0 Å². The zero-order valence-corrected chi connectivity index (χ0v) is 13.9. The molecule has 1 aliphatic rings. The molecule has 0 aromatic heterocycles. The largest absolute Gasteiger partial charge is 0.391 e. The third-order valence-electron chi connectivity index (χ3n) is 4.33. The first-order valence-electron chi connectivity index (χ1n) is 8.28. The van der Waals surface area contributed by atoms with Crippen LogP contribution in [0.25, 0.3) is 0 Å². The number of hydrogen-bond donors (Lipinski definition) is 2. The fraction of sp³-hybridized carbons (Fsp3) is 0.556. The number of carbonyl (C=O) groups is 2. The summed E-state index contributed by atoms with van der Waals surface area (Å²) in [6, 6.07) is 9.16. The molecule has 1 aliphatic heterocycles. The zero-order valence-electron chi connectivity index (χ0n) is 13.9. The van der Waals surface area contributed by atoms with E-state index in [1.54, 1.807) is 4.90 Å². The Morgan fingerprint density at radius 2 is 2.00 bits per heavy atom. The number of aliphatic hydroxyl groups excluding tert-OH is 1. The maximum atomic E-state index is 12.5. The third-order valence-corrected chi connectivity index (χ3v) is 4.33. The summed E-state index contributed by atoms with van der Waals surface area (Å²) in [5, 5.41) is 12.6. The van der Waals surface area contributed by atoms with Gasteiger partial charge >= 0.3 is 0 Å². The molecule has 0 aliphatic carbocycles. The Kier molecular flexibility index (Phi) is 6.16. The molecule has 2 atom stereocenters. The first kappa shape index (κ1) is 17.5. The highest BCUT2D eigenvalue weighted by Gasteiger charge is 2.33. The average Bonchev–Trinajstić information content (AvgIpc) is 3.02. The van der Waals surface area contributed by atoms with Crippen LogP contribution in [0.2, 0.25) is 0 Å². The molecule has 1 aromatic rings. The summed E-state index contributed by atoms with van der Waals surface area (Å²) in [6.07, 6.45) is 1.28. The monoisotopic (exact) mass is 318 g/mol. The van der Waals surface area contributed by atoms with E-state index < -0.39 is 12.1 Å². The van der Waals surface area contributed by atoms with Gasteiger partial charge in [-0.2, -0.15) is 0 Å². The van der Waals surface area contributed by atoms with Crippen molar-refractivity contribution in [2.45, 2.75) is 45.3 Å². The van der Waals surface area contributed by atoms with Crippen LogP contribution in [-0.4, -0.2) is 47.1 Å². The van der Waals surface area contributed by atoms with Crippen LogP contribution in [0.5, 0.6) is 0 Å². The van der Waals surface area contributed by atoms with Gasteiger partial charge in [0.05, 0.1) is 12.5 Å². The van der Waals surface area contributed by atoms with Crippen molar-refractivity contribution < 1.29 is 14.7 Å². The molecule has 2 amide bonds. The molecule has 126 valence electrons. The highest BCUT2D eigenvalue weighted by Crippen LogP contribution is 2.19. The molecule has 2 N–H and O–H groups in total. The lowest BCUT2D eigenvalue weighted by atomic mass is 10.1. The second-order valence-corrected chi connectivity index (χ2v) is 6.46. The summed E-state index contributed by atoms with van der Waals surface area (Å²) in [5.74, 6) is -0.0865. The van der Waals surface area contributed by atoms with Crippen LogP contribution in [-0.2, 0) is 16.0 Å². The minimum absolute atomic E-state index is 0.0155. The van der Waals surface area contributed by atoms with Gasteiger partial charge in [-0.15, -0.1) is 0 Å². The molecular weight excluding hydrogens is 292 g/mol. The molecule has 5 nitrogen and oxygen atoms in total. The minimum atomic E-state index is -0.561. The molecule has 5 heteroatoms. The Morgan fingerprint density at radius 1 is 1.30 bits per heavy atom. The van der Waals surface area contributed by atoms with Crippen LogP contribution in [0.4, 0.5) is 0 Å². The van der Waals surface area contributed by atoms with E-state index in [0.717, 1.165) is 12.0 Å². The van der Waals surface area contributed by atoms with Gasteiger partial charge in [0, 0.05) is 13.1 Å². The van der Waals surface area contributed by atoms with Gasteiger partial charge in [-0.3, -0.25) is 9.59 Å². The standard InChI is InChI=1S/C18H26N2O3/c1-13(2)16(21)12-19-18(23)15-9-6-10-20(15)17(22)11-14-7-4-3-5-8-14/h3-5,7-8,13,15-16,21H,6,9-12H2,1-2H3,(H,19,23). The molecular formula is C18H26N2O3. The number of rotatable bonds is 6. The minimum Gasteiger partial charge on any atom is -0.391 e. The van der Waals surface area contributed by atoms with Gasteiger partial charge in [-0.1, -0.05) is 44.2 Å². The van der Waals surface area contributed by atoms with E-state index in [-0.39, 0.29) is 24.3 Å². The third kappa shape index (κ3) is 4.79. The SMILES string of the molecule is CC(C)C(O)CNC(=O)C1CCCN1C(=O)Cc1ccccc1. The topological polar surface area (TPSA) is 69.6 Å². The molecule has 0 radical (unpaired) electrons. The lowest BCUT2D eigenvalue weighted by molar-refractivity contribution is -0.138. The van der Waals surface area contributed by atoms with Gasteiger partial charge in [0.2, 0.25) is 11.8 Å². The van der Waals surface area contributed by atoms with Crippen LogP contribution >= 0.6 is 0 Å². The molecule has 2 rings (SSSR count). The number of benzene rings is 1. The highest BCUT2D eigenvalue weighted by atomic mass is 16.3. The molecule has 23 heavy (non-hydrogen) atoms. The lowest BCUT2D eigenvalue weighted by Crippen LogP contribution is -2.48. The summed E-state index contributed by atoms with van der Waals surface area (Å²) < 4.78 is 0. The van der Waals surface area contributed by atoms with Crippen molar-refractivity contribution in [3.8, 4) is 0 Å². The van der Waals surface area contributed by atoms with Crippen molar-refractivity contribution in [3.63, 3.8) is 0 Å². The highest BCUT2D eigenvalue weighted by molar-refractivity contribution is 5.89. The fourth-order valence-electron chi connectivity index (χ4n) is 2.77. The van der Waals surface area contributed by atoms with Crippen molar-refractivity contribution in [3.05, 3.63) is 35.9 Å². The van der Waals surface area contributed by atoms with E-state index in [9.17, 15) is 14.7 Å². The predicted octanol–water partition coefficient (Wildman–Crippen LogP) is 1.35. The van der Waals surface area contributed by atoms with Crippen molar-refractivity contribution in [2.75, 3.05) is 13.1 Å². The van der Waals surface area contributed by atoms with Crippen molar-refractivity contribution in [2.24, 2.45) is 5.92 Å². The van der Waals surface area contributed by atoms with Crippen LogP contribution in [0, 0.1) is 5.92 Å². The van der Waals surface area contributed by atoms with Gasteiger partial charge < -0.3 is 15.3 Å². The summed E-state index contributed by atoms with van der Waals surface area (Å²) in [5.41, 5.74) is 0.957. The van der Waals surface area contributed by atoms with Gasteiger partial charge in [-0.25, -0.2) is 0 Å². The van der Waals surface area contributed by atoms with Gasteiger partial charge in [0.1, 0.15) is 6.04 Å². The summed E-state index contributed by atoms with van der Waals surface area (Å²) in [7, 11) is 0. The van der Waals surface area contributed by atoms with Crippen LogP contribution in [0.15, 0.2) is 30.3 Å². The molecule has 1 saturated heterocycles. The molecule has 1 aromatic carbocycles. The Labute approximate surface area is 137 Å². The number of amides is 2. The first-order valence-corrected chi connectivity index (χ1v) is 8.28. The second kappa shape index (κ2) is 8.11. The number of aliphatic hydroxyl groups is 1. The van der Waals surface area contributed by atoms with E-state index in [1.165, 1.54) is 0 Å². The van der Waals surface area contributed by atoms with Crippen molar-refractivity contribution >= 4 is 11.8 Å². The molecule has 1 fully saturated rings. The quantitative estimate of drug-likeness (QED) is 0.832. The van der Waals surface area contributed by atoms with Crippen LogP contribution < -0.4 is 5.32 Å². The Balaban J connectivity index is 1.91. The number of nitrogens with one attached hydrogen (secondary N) is 1. The summed E-state index contributed by atoms with van der Waals surface area (Å²) >= 11 is 0. The van der Waals surface area contributed by atoms with E-state index in [0.29, 0.717) is 19.4 Å². The van der Waals surface area contributed by atoms with E-state index in [4.69, 9.17) is 0 Å². The maximum Gasteiger partial charge on any atom is 0.242 e. The first-order chi connectivity index (χ1) is 11.0. The zero-order chi connectivity index (χ0) is 16.8. The van der Waals surface area contributed by atoms with E-state index in [1.807, 2.05) is 44.2 Å². The number of nitrogens with zero attached hydrogens (tertiary/aromatic N) is 1. The Hall–Kier alpha value is -1.88. The second-order valence-electron chi connectivity index (χ2n) is 6.46. The number of carbonyl (C=O) groups excluding carboxylic acids is 2. The Morgan fingerprint density at radius 3 is 2.65 bits per heavy atom. The summed E-state index contributed by atoms with van der Waals surface area (Å²) in [4.78, 5) is 26.5. The smallest absolute Gasteiger partial charge is 0.242 e. The van der Waals surface area contributed by atoms with Gasteiger partial charge in [0.15, 0.2) is 0 Å². The molecule has 0 saturated carbocycles. The van der Waals surface area contributed by atoms with Gasteiger partial charge in [-0.05, 0) is 24.3 Å². The normalized spacial score (nSPS) is 19.0. The lowest BCUT2D eigenvalue weighted by Gasteiger charge is -2.25. The van der Waals surface area contributed by atoms with Gasteiger partial charge in [0.25, 0.3) is 0 Å². The summed E-state index contributed by atoms with van der Waals surface area (Å²) in [6.45, 7) is 4.66.